The zero-order valence-corrected chi connectivity index (χ0v) is 23.0. The van der Waals surface area contributed by atoms with E-state index in [1.807, 2.05) is 74.8 Å². The molecular formula is C28H35N9O2. The monoisotopic (exact) mass is 529 g/mol. The van der Waals surface area contributed by atoms with E-state index in [2.05, 4.69) is 32.4 Å². The highest BCUT2D eigenvalue weighted by Gasteiger charge is 2.31. The average molecular weight is 530 g/mol. The molecule has 0 bridgehead atoms. The minimum Gasteiger partial charge on any atom is -0.444 e. The number of rotatable bonds is 6. The molecule has 1 aliphatic heterocycles. The van der Waals surface area contributed by atoms with Gasteiger partial charge in [0.15, 0.2) is 0 Å². The van der Waals surface area contributed by atoms with Crippen LogP contribution in [0, 0.1) is 0 Å². The Morgan fingerprint density at radius 1 is 1.03 bits per heavy atom. The van der Waals surface area contributed by atoms with Crippen molar-refractivity contribution in [1.82, 2.24) is 29.2 Å². The molecule has 1 fully saturated rings. The van der Waals surface area contributed by atoms with Gasteiger partial charge in [0.05, 0.1) is 0 Å². The van der Waals surface area contributed by atoms with Gasteiger partial charge in [0.25, 0.3) is 0 Å². The Hall–Kier alpha value is -4.41. The lowest BCUT2D eigenvalue weighted by molar-refractivity contribution is 0.0158. The van der Waals surface area contributed by atoms with E-state index in [1.165, 1.54) is 5.56 Å². The molecule has 0 radical (unpaired) electrons. The van der Waals surface area contributed by atoms with E-state index in [9.17, 15) is 4.79 Å². The molecule has 1 atom stereocenters. The van der Waals surface area contributed by atoms with Crippen LogP contribution in [0.1, 0.15) is 40.2 Å². The number of anilines is 5. The van der Waals surface area contributed by atoms with Crippen molar-refractivity contribution in [3.05, 3.63) is 60.7 Å². The topological polar surface area (TPSA) is 113 Å². The maximum absolute atomic E-state index is 12.7. The summed E-state index contributed by atoms with van der Waals surface area (Å²) in [6.07, 6.45) is 8.00. The van der Waals surface area contributed by atoms with Crippen molar-refractivity contribution in [3.8, 4) is 0 Å². The fourth-order valence-corrected chi connectivity index (χ4v) is 4.49. The molecule has 11 heteroatoms. The summed E-state index contributed by atoms with van der Waals surface area (Å²) < 4.78 is 7.56. The molecule has 11 nitrogen and oxygen atoms in total. The van der Waals surface area contributed by atoms with Gasteiger partial charge in [0.1, 0.15) is 28.7 Å². The number of piperazine rings is 1. The SMILES string of the molecule is CCc1ccnc(Nc2nc(Nc3ccn4ccnc4c3)cc(N3CCN(C(=O)OC(C)(C)C)C(C)C3)n2)c1. The molecule has 2 N–H and O–H groups in total. The van der Waals surface area contributed by atoms with Gasteiger partial charge >= 0.3 is 6.09 Å². The summed E-state index contributed by atoms with van der Waals surface area (Å²) in [5.74, 6) is 2.49. The largest absolute Gasteiger partial charge is 0.444 e. The Kier molecular flexibility index (Phi) is 7.23. The van der Waals surface area contributed by atoms with Crippen molar-refractivity contribution in [3.63, 3.8) is 0 Å². The van der Waals surface area contributed by atoms with E-state index in [4.69, 9.17) is 14.7 Å². The highest BCUT2D eigenvalue weighted by molar-refractivity contribution is 5.70. The number of carbonyl (C=O) groups is 1. The fraction of sp³-hybridized carbons (Fsp3) is 0.393. The first-order valence-corrected chi connectivity index (χ1v) is 13.2. The standard InChI is InChI=1S/C28H35N9O2/c1-6-20-7-9-29-22(15-20)32-26-33-23(31-21-8-11-35-12-10-30-24(35)16-21)17-25(34-26)36-13-14-37(19(2)18-36)27(38)39-28(3,4)5/h7-12,15-17,19H,6,13-14,18H2,1-5H3,(H2,29,31,32,33,34). The number of hydrogen-bond donors (Lipinski definition) is 2. The molecule has 1 unspecified atom stereocenters. The predicted molar refractivity (Wildman–Crippen MR) is 152 cm³/mol. The fourth-order valence-electron chi connectivity index (χ4n) is 4.49. The second kappa shape index (κ2) is 10.8. The number of aryl methyl sites for hydroxylation is 1. The van der Waals surface area contributed by atoms with Crippen molar-refractivity contribution in [2.75, 3.05) is 35.2 Å². The summed E-state index contributed by atoms with van der Waals surface area (Å²) in [6, 6.07) is 9.79. The van der Waals surface area contributed by atoms with Crippen LogP contribution in [-0.2, 0) is 11.2 Å². The maximum Gasteiger partial charge on any atom is 0.410 e. The molecule has 204 valence electrons. The number of nitrogens with one attached hydrogen (secondary N) is 2. The molecular weight excluding hydrogens is 494 g/mol. The van der Waals surface area contributed by atoms with Crippen molar-refractivity contribution in [2.24, 2.45) is 0 Å². The minimum atomic E-state index is -0.537. The van der Waals surface area contributed by atoms with Gasteiger partial charge < -0.3 is 29.6 Å². The quantitative estimate of drug-likeness (QED) is 0.356. The number of ether oxygens (including phenoxy) is 1. The Bertz CT molecular complexity index is 1460. The average Bonchev–Trinajstić information content (AvgIpc) is 3.35. The summed E-state index contributed by atoms with van der Waals surface area (Å²) in [4.78, 5) is 35.1. The number of aromatic nitrogens is 5. The number of hydrogen-bond acceptors (Lipinski definition) is 9. The molecule has 5 rings (SSSR count). The van der Waals surface area contributed by atoms with E-state index in [1.54, 1.807) is 17.3 Å². The number of nitrogens with zero attached hydrogens (tertiary/aromatic N) is 7. The van der Waals surface area contributed by atoms with Gasteiger partial charge in [-0.2, -0.15) is 9.97 Å². The van der Waals surface area contributed by atoms with E-state index in [0.717, 1.165) is 23.6 Å². The predicted octanol–water partition coefficient (Wildman–Crippen LogP) is 5.01. The first kappa shape index (κ1) is 26.2. The minimum absolute atomic E-state index is 0.0536. The van der Waals surface area contributed by atoms with Gasteiger partial charge in [0.2, 0.25) is 5.95 Å². The third-order valence-corrected chi connectivity index (χ3v) is 6.43. The van der Waals surface area contributed by atoms with Gasteiger partial charge in [-0.05, 0) is 57.9 Å². The van der Waals surface area contributed by atoms with Crippen LogP contribution in [0.4, 0.5) is 33.9 Å². The van der Waals surface area contributed by atoms with Crippen LogP contribution >= 0.6 is 0 Å². The molecule has 1 aliphatic rings. The van der Waals surface area contributed by atoms with Gasteiger partial charge in [-0.1, -0.05) is 6.92 Å². The number of carbonyl (C=O) groups excluding carboxylic acids is 1. The van der Waals surface area contributed by atoms with Gasteiger partial charge in [-0.15, -0.1) is 0 Å². The van der Waals surface area contributed by atoms with Crippen molar-refractivity contribution in [2.45, 2.75) is 52.7 Å². The molecule has 0 saturated carbocycles. The van der Waals surface area contributed by atoms with Crippen LogP contribution in [0.15, 0.2) is 55.1 Å². The second-order valence-corrected chi connectivity index (χ2v) is 10.7. The first-order valence-electron chi connectivity index (χ1n) is 13.2. The summed E-state index contributed by atoms with van der Waals surface area (Å²) in [7, 11) is 0. The lowest BCUT2D eigenvalue weighted by atomic mass is 10.2. The third-order valence-electron chi connectivity index (χ3n) is 6.43. The Labute approximate surface area is 228 Å². The Morgan fingerprint density at radius 2 is 1.87 bits per heavy atom. The Balaban J connectivity index is 1.41. The van der Waals surface area contributed by atoms with Crippen molar-refractivity contribution in [1.29, 1.82) is 0 Å². The molecule has 1 saturated heterocycles. The maximum atomic E-state index is 12.7. The third kappa shape index (κ3) is 6.36. The van der Waals surface area contributed by atoms with Crippen LogP contribution in [0.3, 0.4) is 0 Å². The molecule has 39 heavy (non-hydrogen) atoms. The molecule has 0 aromatic carbocycles. The molecule has 0 spiro atoms. The molecule has 4 aromatic rings. The Morgan fingerprint density at radius 3 is 2.64 bits per heavy atom. The van der Waals surface area contributed by atoms with E-state index >= 15 is 0 Å². The zero-order valence-electron chi connectivity index (χ0n) is 23.0. The van der Waals surface area contributed by atoms with Gasteiger partial charge in [-0.3, -0.25) is 0 Å². The van der Waals surface area contributed by atoms with Crippen LogP contribution < -0.4 is 15.5 Å². The summed E-state index contributed by atoms with van der Waals surface area (Å²) >= 11 is 0. The zero-order chi connectivity index (χ0) is 27.6. The molecule has 5 heterocycles. The second-order valence-electron chi connectivity index (χ2n) is 10.7. The number of fused-ring (bicyclic) bond motifs is 1. The van der Waals surface area contributed by atoms with E-state index in [-0.39, 0.29) is 12.1 Å². The first-order chi connectivity index (χ1) is 18.7. The lowest BCUT2D eigenvalue weighted by Gasteiger charge is -2.40. The lowest BCUT2D eigenvalue weighted by Crippen LogP contribution is -2.55. The number of imidazole rings is 1. The molecule has 4 aromatic heterocycles. The van der Waals surface area contributed by atoms with E-state index < -0.39 is 5.60 Å². The van der Waals surface area contributed by atoms with Crippen molar-refractivity contribution >= 4 is 40.8 Å². The summed E-state index contributed by atoms with van der Waals surface area (Å²) in [6.45, 7) is 11.5. The molecule has 0 aliphatic carbocycles. The van der Waals surface area contributed by atoms with Crippen LogP contribution in [0.25, 0.3) is 5.65 Å². The van der Waals surface area contributed by atoms with Gasteiger partial charge in [-0.25, -0.2) is 14.8 Å². The number of amides is 1. The molecule has 1 amide bonds. The summed E-state index contributed by atoms with van der Waals surface area (Å²) in [5.41, 5.74) is 2.32. The van der Waals surface area contributed by atoms with E-state index in [0.29, 0.717) is 37.2 Å². The van der Waals surface area contributed by atoms with Crippen molar-refractivity contribution < 1.29 is 9.53 Å². The number of pyridine rings is 2. The normalized spacial score (nSPS) is 15.9. The smallest absolute Gasteiger partial charge is 0.410 e. The van der Waals surface area contributed by atoms with Crippen LogP contribution in [0.2, 0.25) is 0 Å². The highest BCUT2D eigenvalue weighted by atomic mass is 16.6. The van der Waals surface area contributed by atoms with Crippen LogP contribution in [-0.4, -0.2) is 66.6 Å². The van der Waals surface area contributed by atoms with Crippen LogP contribution in [0.5, 0.6) is 0 Å². The summed E-state index contributed by atoms with van der Waals surface area (Å²) in [5, 5.41) is 6.67. The van der Waals surface area contributed by atoms with Gasteiger partial charge in [0, 0.05) is 68.3 Å². The highest BCUT2D eigenvalue weighted by Crippen LogP contribution is 2.26.